The van der Waals surface area contributed by atoms with Crippen LogP contribution in [0.4, 0.5) is 4.39 Å². The van der Waals surface area contributed by atoms with Gasteiger partial charge in [-0.2, -0.15) is 0 Å². The summed E-state index contributed by atoms with van der Waals surface area (Å²) in [7, 11) is 0. The highest BCUT2D eigenvalue weighted by Crippen LogP contribution is 2.31. The van der Waals surface area contributed by atoms with Gasteiger partial charge >= 0.3 is 0 Å². The molecule has 0 N–H and O–H groups in total. The summed E-state index contributed by atoms with van der Waals surface area (Å²) in [6.45, 7) is 1.21. The molecule has 3 nitrogen and oxygen atoms in total. The molecule has 2 aliphatic rings. The zero-order valence-electron chi connectivity index (χ0n) is 10.4. The molecule has 0 aromatic heterocycles. The van der Waals surface area contributed by atoms with Crippen LogP contribution in [0.3, 0.4) is 0 Å². The minimum atomic E-state index is -0.350. The summed E-state index contributed by atoms with van der Waals surface area (Å²) in [5.74, 6) is -0.377. The van der Waals surface area contributed by atoms with E-state index >= 15 is 0 Å². The van der Waals surface area contributed by atoms with Crippen molar-refractivity contribution in [2.24, 2.45) is 0 Å². The first-order valence-electron chi connectivity index (χ1n) is 6.54. The maximum atomic E-state index is 13.2. The summed E-state index contributed by atoms with van der Waals surface area (Å²) >= 11 is 3.12. The van der Waals surface area contributed by atoms with Crippen LogP contribution in [-0.2, 0) is 4.74 Å². The van der Waals surface area contributed by atoms with Crippen LogP contribution in [0, 0.1) is 5.82 Å². The number of morpholine rings is 1. The van der Waals surface area contributed by atoms with Gasteiger partial charge in [0.15, 0.2) is 0 Å². The van der Waals surface area contributed by atoms with Crippen molar-refractivity contribution in [2.45, 2.75) is 31.4 Å². The van der Waals surface area contributed by atoms with Gasteiger partial charge in [0.2, 0.25) is 0 Å². The minimum Gasteiger partial charge on any atom is -0.374 e. The second-order valence-corrected chi connectivity index (χ2v) is 5.89. The molecule has 5 heteroatoms. The van der Waals surface area contributed by atoms with E-state index in [1.165, 1.54) is 6.07 Å². The Balaban J connectivity index is 1.84. The Morgan fingerprint density at radius 1 is 1.42 bits per heavy atom. The van der Waals surface area contributed by atoms with Crippen LogP contribution in [0.2, 0.25) is 0 Å². The number of hydrogen-bond donors (Lipinski definition) is 0. The van der Waals surface area contributed by atoms with Gasteiger partial charge in [0, 0.05) is 12.1 Å². The fourth-order valence-electron chi connectivity index (χ4n) is 2.97. The van der Waals surface area contributed by atoms with E-state index in [1.807, 2.05) is 4.90 Å². The van der Waals surface area contributed by atoms with Crippen molar-refractivity contribution in [1.29, 1.82) is 0 Å². The number of rotatable bonds is 1. The van der Waals surface area contributed by atoms with Crippen molar-refractivity contribution in [2.75, 3.05) is 13.2 Å². The number of amides is 1. The van der Waals surface area contributed by atoms with E-state index < -0.39 is 0 Å². The predicted octanol–water partition coefficient (Wildman–Crippen LogP) is 2.98. The molecule has 3 rings (SSSR count). The standard InChI is InChI=1S/C14H15BrFNO2/c15-10-8-9(4-5-11(10)16)14(18)17-6-7-19-13-3-1-2-12(13)17/h4-5,8,12-13H,1-3,6-7H2. The topological polar surface area (TPSA) is 29.5 Å². The van der Waals surface area contributed by atoms with Gasteiger partial charge in [-0.1, -0.05) is 0 Å². The third-order valence-corrected chi connectivity index (χ3v) is 4.52. The fraction of sp³-hybridized carbons (Fsp3) is 0.500. The van der Waals surface area contributed by atoms with Crippen molar-refractivity contribution >= 4 is 21.8 Å². The second-order valence-electron chi connectivity index (χ2n) is 5.03. The maximum absolute atomic E-state index is 13.2. The van der Waals surface area contributed by atoms with Crippen LogP contribution in [-0.4, -0.2) is 36.1 Å². The molecular formula is C14H15BrFNO2. The lowest BCUT2D eigenvalue weighted by atomic mass is 10.1. The molecule has 1 aliphatic carbocycles. The molecule has 1 saturated heterocycles. The first-order valence-corrected chi connectivity index (χ1v) is 7.34. The Morgan fingerprint density at radius 3 is 3.05 bits per heavy atom. The molecule has 0 spiro atoms. The molecule has 0 bridgehead atoms. The zero-order chi connectivity index (χ0) is 13.4. The Labute approximate surface area is 119 Å². The Hall–Kier alpha value is -0.940. The third kappa shape index (κ3) is 2.41. The van der Waals surface area contributed by atoms with Gasteiger partial charge in [0.25, 0.3) is 5.91 Å². The number of halogens is 2. The molecule has 19 heavy (non-hydrogen) atoms. The van der Waals surface area contributed by atoms with Crippen molar-refractivity contribution in [1.82, 2.24) is 4.90 Å². The monoisotopic (exact) mass is 327 g/mol. The van der Waals surface area contributed by atoms with Crippen LogP contribution in [0.15, 0.2) is 22.7 Å². The minimum absolute atomic E-state index is 0.0269. The van der Waals surface area contributed by atoms with Gasteiger partial charge in [0.05, 0.1) is 23.2 Å². The molecule has 2 atom stereocenters. The molecule has 1 aromatic rings. The number of ether oxygens (including phenoxy) is 1. The Kier molecular flexibility index (Phi) is 3.58. The van der Waals surface area contributed by atoms with E-state index in [0.29, 0.717) is 23.2 Å². The normalized spacial score (nSPS) is 26.3. The summed E-state index contributed by atoms with van der Waals surface area (Å²) < 4.78 is 19.3. The zero-order valence-corrected chi connectivity index (χ0v) is 12.0. The molecule has 1 heterocycles. The van der Waals surface area contributed by atoms with Crippen LogP contribution < -0.4 is 0 Å². The largest absolute Gasteiger partial charge is 0.374 e. The van der Waals surface area contributed by atoms with Gasteiger partial charge in [0.1, 0.15) is 5.82 Å². The average molecular weight is 328 g/mol. The average Bonchev–Trinajstić information content (AvgIpc) is 2.89. The number of carbonyl (C=O) groups excluding carboxylic acids is 1. The second kappa shape index (κ2) is 5.21. The van der Waals surface area contributed by atoms with E-state index in [-0.39, 0.29) is 23.9 Å². The third-order valence-electron chi connectivity index (χ3n) is 3.91. The first-order chi connectivity index (χ1) is 9.16. The lowest BCUT2D eigenvalue weighted by Gasteiger charge is -2.37. The Bertz CT molecular complexity index is 508. The highest BCUT2D eigenvalue weighted by molar-refractivity contribution is 9.10. The van der Waals surface area contributed by atoms with Crippen LogP contribution >= 0.6 is 15.9 Å². The van der Waals surface area contributed by atoms with E-state index in [2.05, 4.69) is 15.9 Å². The molecule has 1 saturated carbocycles. The highest BCUT2D eigenvalue weighted by atomic mass is 79.9. The van der Waals surface area contributed by atoms with E-state index in [0.717, 1.165) is 19.3 Å². The maximum Gasteiger partial charge on any atom is 0.254 e. The molecule has 2 unspecified atom stereocenters. The smallest absolute Gasteiger partial charge is 0.254 e. The first kappa shape index (κ1) is 13.1. The number of benzene rings is 1. The summed E-state index contributed by atoms with van der Waals surface area (Å²) in [5.41, 5.74) is 0.529. The van der Waals surface area contributed by atoms with E-state index in [9.17, 15) is 9.18 Å². The van der Waals surface area contributed by atoms with Crippen LogP contribution in [0.5, 0.6) is 0 Å². The molecule has 1 aromatic carbocycles. The Morgan fingerprint density at radius 2 is 2.26 bits per heavy atom. The summed E-state index contributed by atoms with van der Waals surface area (Å²) in [6, 6.07) is 4.60. The number of nitrogens with zero attached hydrogens (tertiary/aromatic N) is 1. The van der Waals surface area contributed by atoms with Crippen molar-refractivity contribution in [3.63, 3.8) is 0 Å². The van der Waals surface area contributed by atoms with Crippen molar-refractivity contribution in [3.05, 3.63) is 34.1 Å². The predicted molar refractivity (Wildman–Crippen MR) is 72.5 cm³/mol. The highest BCUT2D eigenvalue weighted by Gasteiger charge is 2.38. The molecular weight excluding hydrogens is 313 g/mol. The molecule has 2 fully saturated rings. The number of fused-ring (bicyclic) bond motifs is 1. The lowest BCUT2D eigenvalue weighted by molar-refractivity contribution is -0.0445. The molecule has 0 radical (unpaired) electrons. The number of carbonyl (C=O) groups is 1. The summed E-state index contributed by atoms with van der Waals surface area (Å²) in [5, 5.41) is 0. The van der Waals surface area contributed by atoms with Gasteiger partial charge in [-0.05, 0) is 53.4 Å². The summed E-state index contributed by atoms with van der Waals surface area (Å²) in [6.07, 6.45) is 3.31. The number of hydrogen-bond acceptors (Lipinski definition) is 2. The van der Waals surface area contributed by atoms with Gasteiger partial charge in [-0.25, -0.2) is 4.39 Å². The fourth-order valence-corrected chi connectivity index (χ4v) is 3.35. The van der Waals surface area contributed by atoms with Crippen LogP contribution in [0.1, 0.15) is 29.6 Å². The molecule has 102 valence electrons. The lowest BCUT2D eigenvalue weighted by Crippen LogP contribution is -2.51. The summed E-state index contributed by atoms with van der Waals surface area (Å²) in [4.78, 5) is 14.4. The van der Waals surface area contributed by atoms with E-state index in [4.69, 9.17) is 4.74 Å². The van der Waals surface area contributed by atoms with Crippen LogP contribution in [0.25, 0.3) is 0 Å². The van der Waals surface area contributed by atoms with E-state index in [1.54, 1.807) is 12.1 Å². The SMILES string of the molecule is O=C(c1ccc(F)c(Br)c1)N1CCOC2CCCC21. The van der Waals surface area contributed by atoms with Gasteiger partial charge in [-0.3, -0.25) is 4.79 Å². The van der Waals surface area contributed by atoms with Gasteiger partial charge in [-0.15, -0.1) is 0 Å². The molecule has 1 aliphatic heterocycles. The van der Waals surface area contributed by atoms with Crippen molar-refractivity contribution < 1.29 is 13.9 Å². The molecule has 1 amide bonds. The van der Waals surface area contributed by atoms with Crippen molar-refractivity contribution in [3.8, 4) is 0 Å². The quantitative estimate of drug-likeness (QED) is 0.793. The van der Waals surface area contributed by atoms with Gasteiger partial charge < -0.3 is 9.64 Å².